The maximum Gasteiger partial charge on any atom is 0.0937 e. The molecule has 0 amide bonds. The molecule has 1 heterocycles. The second-order valence-electron chi connectivity index (χ2n) is 7.96. The molecule has 1 saturated carbocycles. The van der Waals surface area contributed by atoms with Crippen LogP contribution in [0.5, 0.6) is 0 Å². The molecule has 0 bridgehead atoms. The molecule has 1 aliphatic rings. The van der Waals surface area contributed by atoms with E-state index in [1.807, 2.05) is 12.5 Å². The highest BCUT2D eigenvalue weighted by molar-refractivity contribution is 5.16. The van der Waals surface area contributed by atoms with E-state index < -0.39 is 0 Å². The Morgan fingerprint density at radius 1 is 1.37 bits per heavy atom. The Kier molecular flexibility index (Phi) is 4.10. The van der Waals surface area contributed by atoms with Crippen LogP contribution in [0.2, 0.25) is 0 Å². The molecular weight excluding hydrogens is 234 g/mol. The Bertz CT molecular complexity index is 386. The molecule has 19 heavy (non-hydrogen) atoms. The van der Waals surface area contributed by atoms with Gasteiger partial charge in [0, 0.05) is 5.54 Å². The standard InChI is InChI=1S/C17H29NO/c1-16(2,3)18-11-13-6-8-17(4,5)10-15(13)14-7-9-19-12-14/h7,9,12-13,15,18H,6,8,10-11H2,1-5H3. The van der Waals surface area contributed by atoms with E-state index >= 15 is 0 Å². The molecule has 2 rings (SSSR count). The van der Waals surface area contributed by atoms with Gasteiger partial charge in [0.15, 0.2) is 0 Å². The van der Waals surface area contributed by atoms with Crippen molar-refractivity contribution in [2.45, 2.75) is 65.3 Å². The van der Waals surface area contributed by atoms with Gasteiger partial charge in [-0.05, 0) is 75.5 Å². The van der Waals surface area contributed by atoms with Gasteiger partial charge in [-0.2, -0.15) is 0 Å². The van der Waals surface area contributed by atoms with E-state index in [0.717, 1.165) is 12.5 Å². The van der Waals surface area contributed by atoms with E-state index in [1.165, 1.54) is 24.8 Å². The van der Waals surface area contributed by atoms with Crippen LogP contribution in [0.25, 0.3) is 0 Å². The van der Waals surface area contributed by atoms with Crippen LogP contribution in [0.3, 0.4) is 0 Å². The van der Waals surface area contributed by atoms with Crippen LogP contribution in [0.4, 0.5) is 0 Å². The molecule has 0 spiro atoms. The lowest BCUT2D eigenvalue weighted by Gasteiger charge is -2.41. The van der Waals surface area contributed by atoms with Crippen LogP contribution >= 0.6 is 0 Å². The summed E-state index contributed by atoms with van der Waals surface area (Å²) >= 11 is 0. The predicted molar refractivity (Wildman–Crippen MR) is 80.3 cm³/mol. The number of rotatable bonds is 3. The zero-order valence-corrected chi connectivity index (χ0v) is 13.1. The van der Waals surface area contributed by atoms with Gasteiger partial charge >= 0.3 is 0 Å². The van der Waals surface area contributed by atoms with E-state index in [0.29, 0.717) is 11.3 Å². The minimum absolute atomic E-state index is 0.202. The average molecular weight is 263 g/mol. The van der Waals surface area contributed by atoms with Gasteiger partial charge in [-0.15, -0.1) is 0 Å². The Hall–Kier alpha value is -0.760. The predicted octanol–water partition coefficient (Wildman–Crippen LogP) is 4.58. The molecule has 108 valence electrons. The normalized spacial score (nSPS) is 27.4. The van der Waals surface area contributed by atoms with Crippen molar-refractivity contribution in [2.24, 2.45) is 11.3 Å². The number of furan rings is 1. The molecule has 1 aromatic heterocycles. The van der Waals surface area contributed by atoms with Gasteiger partial charge in [-0.1, -0.05) is 13.8 Å². The van der Waals surface area contributed by atoms with E-state index in [1.54, 1.807) is 0 Å². The first-order chi connectivity index (χ1) is 8.77. The summed E-state index contributed by atoms with van der Waals surface area (Å²) in [6.07, 6.45) is 7.66. The molecule has 0 aliphatic heterocycles. The van der Waals surface area contributed by atoms with Crippen molar-refractivity contribution in [1.29, 1.82) is 0 Å². The smallest absolute Gasteiger partial charge is 0.0937 e. The second kappa shape index (κ2) is 5.32. The molecular formula is C17H29NO. The third kappa shape index (κ3) is 4.10. The summed E-state index contributed by atoms with van der Waals surface area (Å²) in [6.45, 7) is 12.6. The average Bonchev–Trinajstić information content (AvgIpc) is 2.78. The van der Waals surface area contributed by atoms with Gasteiger partial charge < -0.3 is 9.73 Å². The van der Waals surface area contributed by atoms with Crippen LogP contribution in [0.1, 0.15) is 65.4 Å². The highest BCUT2D eigenvalue weighted by atomic mass is 16.3. The molecule has 0 saturated heterocycles. The van der Waals surface area contributed by atoms with Crippen molar-refractivity contribution in [3.63, 3.8) is 0 Å². The second-order valence-corrected chi connectivity index (χ2v) is 7.96. The Morgan fingerprint density at radius 2 is 2.11 bits per heavy atom. The Morgan fingerprint density at radius 3 is 2.68 bits per heavy atom. The van der Waals surface area contributed by atoms with Crippen molar-refractivity contribution in [3.8, 4) is 0 Å². The van der Waals surface area contributed by atoms with Crippen LogP contribution in [0.15, 0.2) is 23.0 Å². The lowest BCUT2D eigenvalue weighted by atomic mass is 9.65. The minimum Gasteiger partial charge on any atom is -0.472 e. The summed E-state index contributed by atoms with van der Waals surface area (Å²) in [4.78, 5) is 0. The fraction of sp³-hybridized carbons (Fsp3) is 0.765. The maximum atomic E-state index is 5.31. The van der Waals surface area contributed by atoms with Gasteiger partial charge in [0.25, 0.3) is 0 Å². The van der Waals surface area contributed by atoms with Gasteiger partial charge in [0.1, 0.15) is 0 Å². The van der Waals surface area contributed by atoms with Gasteiger partial charge in [-0.25, -0.2) is 0 Å². The molecule has 0 aromatic carbocycles. The van der Waals surface area contributed by atoms with E-state index in [9.17, 15) is 0 Å². The summed E-state index contributed by atoms with van der Waals surface area (Å²) < 4.78 is 5.31. The van der Waals surface area contributed by atoms with Crippen LogP contribution in [-0.2, 0) is 0 Å². The maximum absolute atomic E-state index is 5.31. The van der Waals surface area contributed by atoms with Crippen LogP contribution < -0.4 is 5.32 Å². The van der Waals surface area contributed by atoms with E-state index in [4.69, 9.17) is 4.42 Å². The highest BCUT2D eigenvalue weighted by Gasteiger charge is 2.36. The van der Waals surface area contributed by atoms with Crippen molar-refractivity contribution in [1.82, 2.24) is 5.32 Å². The minimum atomic E-state index is 0.202. The molecule has 2 heteroatoms. The topological polar surface area (TPSA) is 25.2 Å². The molecule has 2 nitrogen and oxygen atoms in total. The van der Waals surface area contributed by atoms with Crippen LogP contribution in [0, 0.1) is 11.3 Å². The van der Waals surface area contributed by atoms with Gasteiger partial charge in [0.2, 0.25) is 0 Å². The van der Waals surface area contributed by atoms with Crippen molar-refractivity contribution in [3.05, 3.63) is 24.2 Å². The van der Waals surface area contributed by atoms with Crippen LogP contribution in [-0.4, -0.2) is 12.1 Å². The molecule has 2 unspecified atom stereocenters. The summed E-state index contributed by atoms with van der Waals surface area (Å²) in [6, 6.07) is 2.15. The molecule has 1 N–H and O–H groups in total. The van der Waals surface area contributed by atoms with Crippen molar-refractivity contribution < 1.29 is 4.42 Å². The highest BCUT2D eigenvalue weighted by Crippen LogP contribution is 2.46. The SMILES string of the molecule is CC1(C)CCC(CNC(C)(C)C)C(c2ccoc2)C1. The van der Waals surface area contributed by atoms with Crippen molar-refractivity contribution in [2.75, 3.05) is 6.54 Å². The molecule has 1 aromatic rings. The summed E-state index contributed by atoms with van der Waals surface area (Å²) in [5.41, 5.74) is 2.04. The summed E-state index contributed by atoms with van der Waals surface area (Å²) in [7, 11) is 0. The van der Waals surface area contributed by atoms with Crippen molar-refractivity contribution >= 4 is 0 Å². The molecule has 0 radical (unpaired) electrons. The first kappa shape index (κ1) is 14.6. The zero-order chi connectivity index (χ0) is 14.1. The fourth-order valence-corrected chi connectivity index (χ4v) is 3.20. The summed E-state index contributed by atoms with van der Waals surface area (Å²) in [5, 5.41) is 3.68. The summed E-state index contributed by atoms with van der Waals surface area (Å²) in [5.74, 6) is 1.36. The Balaban J connectivity index is 2.08. The molecule has 1 aliphatic carbocycles. The fourth-order valence-electron chi connectivity index (χ4n) is 3.20. The van der Waals surface area contributed by atoms with Gasteiger partial charge in [0.05, 0.1) is 12.5 Å². The largest absolute Gasteiger partial charge is 0.472 e. The number of hydrogen-bond acceptors (Lipinski definition) is 2. The number of nitrogens with one attached hydrogen (secondary N) is 1. The monoisotopic (exact) mass is 263 g/mol. The third-order valence-electron chi connectivity index (χ3n) is 4.40. The Labute approximate surface area is 118 Å². The first-order valence-electron chi connectivity index (χ1n) is 7.54. The van der Waals surface area contributed by atoms with Gasteiger partial charge in [-0.3, -0.25) is 0 Å². The number of hydrogen-bond donors (Lipinski definition) is 1. The van der Waals surface area contributed by atoms with E-state index in [-0.39, 0.29) is 5.54 Å². The zero-order valence-electron chi connectivity index (χ0n) is 13.1. The lowest BCUT2D eigenvalue weighted by molar-refractivity contribution is 0.153. The molecule has 1 fully saturated rings. The third-order valence-corrected chi connectivity index (χ3v) is 4.40. The lowest BCUT2D eigenvalue weighted by Crippen LogP contribution is -2.42. The first-order valence-corrected chi connectivity index (χ1v) is 7.54. The molecule has 2 atom stereocenters. The van der Waals surface area contributed by atoms with E-state index in [2.05, 4.69) is 46.0 Å². The quantitative estimate of drug-likeness (QED) is 0.863.